The minimum atomic E-state index is -0.866. The summed E-state index contributed by atoms with van der Waals surface area (Å²) >= 11 is 7.31. The van der Waals surface area contributed by atoms with E-state index in [2.05, 4.69) is 10.6 Å². The Hall–Kier alpha value is -1.27. The van der Waals surface area contributed by atoms with Gasteiger partial charge in [0.15, 0.2) is 0 Å². The van der Waals surface area contributed by atoms with Gasteiger partial charge in [-0.05, 0) is 38.8 Å². The zero-order valence-corrected chi connectivity index (χ0v) is 13.1. The van der Waals surface area contributed by atoms with Crippen LogP contribution in [0.25, 0.3) is 0 Å². The van der Waals surface area contributed by atoms with Crippen LogP contribution in [-0.4, -0.2) is 29.2 Å². The van der Waals surface area contributed by atoms with Crippen molar-refractivity contribution in [1.29, 1.82) is 0 Å². The fraction of sp³-hybridized carbons (Fsp3) is 0.538. The molecule has 7 heteroatoms. The van der Waals surface area contributed by atoms with Crippen LogP contribution in [0.5, 0.6) is 0 Å². The Balaban J connectivity index is 2.27. The van der Waals surface area contributed by atoms with Gasteiger partial charge in [0.1, 0.15) is 0 Å². The van der Waals surface area contributed by atoms with Crippen LogP contribution in [0, 0.1) is 0 Å². The van der Waals surface area contributed by atoms with Crippen molar-refractivity contribution in [3.63, 3.8) is 0 Å². The largest absolute Gasteiger partial charge is 0.481 e. The molecule has 0 aliphatic heterocycles. The lowest BCUT2D eigenvalue weighted by Crippen LogP contribution is -2.48. The first-order valence-electron chi connectivity index (χ1n) is 6.30. The van der Waals surface area contributed by atoms with Gasteiger partial charge >= 0.3 is 12.0 Å². The fourth-order valence-corrected chi connectivity index (χ4v) is 2.71. The second-order valence-electron chi connectivity index (χ2n) is 5.11. The molecule has 0 unspecified atom stereocenters. The number of thiophene rings is 1. The van der Waals surface area contributed by atoms with E-state index in [0.29, 0.717) is 13.0 Å². The first kappa shape index (κ1) is 16.8. The molecule has 20 heavy (non-hydrogen) atoms. The van der Waals surface area contributed by atoms with Gasteiger partial charge in [-0.2, -0.15) is 0 Å². The van der Waals surface area contributed by atoms with E-state index in [1.165, 1.54) is 11.3 Å². The van der Waals surface area contributed by atoms with Gasteiger partial charge in [0.05, 0.1) is 4.34 Å². The number of nitrogens with one attached hydrogen (secondary N) is 2. The van der Waals surface area contributed by atoms with Crippen molar-refractivity contribution in [3.05, 3.63) is 21.3 Å². The molecule has 2 amide bonds. The monoisotopic (exact) mass is 318 g/mol. The van der Waals surface area contributed by atoms with Crippen LogP contribution >= 0.6 is 22.9 Å². The molecule has 0 saturated carbocycles. The smallest absolute Gasteiger partial charge is 0.315 e. The summed E-state index contributed by atoms with van der Waals surface area (Å²) in [5.41, 5.74) is -0.547. The maximum atomic E-state index is 11.7. The highest BCUT2D eigenvalue weighted by molar-refractivity contribution is 7.16. The molecule has 112 valence electrons. The van der Waals surface area contributed by atoms with Crippen LogP contribution in [0.1, 0.15) is 31.6 Å². The molecule has 1 heterocycles. The molecule has 1 aromatic heterocycles. The van der Waals surface area contributed by atoms with Crippen LogP contribution in [0.4, 0.5) is 4.79 Å². The van der Waals surface area contributed by atoms with Crippen LogP contribution in [0.3, 0.4) is 0 Å². The van der Waals surface area contributed by atoms with Crippen LogP contribution in [0.15, 0.2) is 12.1 Å². The Morgan fingerprint density at radius 1 is 1.40 bits per heavy atom. The van der Waals surface area contributed by atoms with E-state index in [4.69, 9.17) is 16.7 Å². The fourth-order valence-electron chi connectivity index (χ4n) is 1.62. The molecule has 0 spiro atoms. The number of carbonyl (C=O) groups excluding carboxylic acids is 1. The topological polar surface area (TPSA) is 78.4 Å². The van der Waals surface area contributed by atoms with Crippen molar-refractivity contribution in [2.45, 2.75) is 38.6 Å². The van der Waals surface area contributed by atoms with Gasteiger partial charge in [0.25, 0.3) is 0 Å². The number of amides is 2. The zero-order chi connectivity index (χ0) is 15.2. The van der Waals surface area contributed by atoms with E-state index in [0.717, 1.165) is 15.6 Å². The highest BCUT2D eigenvalue weighted by Crippen LogP contribution is 2.21. The molecule has 0 aromatic carbocycles. The summed E-state index contributed by atoms with van der Waals surface area (Å²) < 4.78 is 0.735. The molecular formula is C13H19ClN2O3S. The SMILES string of the molecule is CC(C)(CCC(=O)O)NC(=O)NCCc1ccc(Cl)s1. The molecular weight excluding hydrogens is 300 g/mol. The maximum Gasteiger partial charge on any atom is 0.315 e. The number of rotatable bonds is 7. The summed E-state index contributed by atoms with van der Waals surface area (Å²) in [6.45, 7) is 4.11. The number of carboxylic acids is 1. The van der Waals surface area contributed by atoms with Crippen molar-refractivity contribution in [2.24, 2.45) is 0 Å². The van der Waals surface area contributed by atoms with Gasteiger partial charge < -0.3 is 15.7 Å². The second kappa shape index (κ2) is 7.50. The molecule has 0 saturated heterocycles. The van der Waals surface area contributed by atoms with Gasteiger partial charge in [0, 0.05) is 23.4 Å². The molecule has 0 atom stereocenters. The van der Waals surface area contributed by atoms with Crippen molar-refractivity contribution in [1.82, 2.24) is 10.6 Å². The summed E-state index contributed by atoms with van der Waals surface area (Å²) in [5.74, 6) is -0.866. The molecule has 0 bridgehead atoms. The van der Waals surface area contributed by atoms with Crippen molar-refractivity contribution in [2.75, 3.05) is 6.54 Å². The Kier molecular flexibility index (Phi) is 6.29. The molecule has 0 radical (unpaired) electrons. The number of hydrogen-bond donors (Lipinski definition) is 3. The lowest BCUT2D eigenvalue weighted by molar-refractivity contribution is -0.137. The lowest BCUT2D eigenvalue weighted by Gasteiger charge is -2.25. The number of halogens is 1. The molecule has 1 rings (SSSR count). The highest BCUT2D eigenvalue weighted by atomic mass is 35.5. The van der Waals surface area contributed by atoms with E-state index >= 15 is 0 Å². The highest BCUT2D eigenvalue weighted by Gasteiger charge is 2.21. The predicted octanol–water partition coefficient (Wildman–Crippen LogP) is 2.89. The van der Waals surface area contributed by atoms with Gasteiger partial charge in [-0.15, -0.1) is 11.3 Å². The van der Waals surface area contributed by atoms with Gasteiger partial charge in [-0.1, -0.05) is 11.6 Å². The van der Waals surface area contributed by atoms with Crippen LogP contribution in [-0.2, 0) is 11.2 Å². The predicted molar refractivity (Wildman–Crippen MR) is 80.5 cm³/mol. The van der Waals surface area contributed by atoms with E-state index in [9.17, 15) is 9.59 Å². The number of carbonyl (C=O) groups is 2. The third-order valence-electron chi connectivity index (χ3n) is 2.70. The number of carboxylic acid groups (broad SMARTS) is 1. The quantitative estimate of drug-likeness (QED) is 0.723. The van der Waals surface area contributed by atoms with E-state index in [-0.39, 0.29) is 12.5 Å². The average molecular weight is 319 g/mol. The van der Waals surface area contributed by atoms with Gasteiger partial charge in [-0.3, -0.25) is 4.79 Å². The Morgan fingerprint density at radius 2 is 2.10 bits per heavy atom. The zero-order valence-electron chi connectivity index (χ0n) is 11.5. The van der Waals surface area contributed by atoms with Gasteiger partial charge in [-0.25, -0.2) is 4.79 Å². The number of urea groups is 1. The average Bonchev–Trinajstić information content (AvgIpc) is 2.72. The second-order valence-corrected chi connectivity index (χ2v) is 6.91. The normalized spacial score (nSPS) is 11.2. The van der Waals surface area contributed by atoms with E-state index in [1.54, 1.807) is 13.8 Å². The molecule has 0 aliphatic rings. The standard InChI is InChI=1S/C13H19ClN2O3S/c1-13(2,7-5-11(17)18)16-12(19)15-8-6-9-3-4-10(14)20-9/h3-4H,5-8H2,1-2H3,(H,17,18)(H2,15,16,19). The summed E-state index contributed by atoms with van der Waals surface area (Å²) in [4.78, 5) is 23.3. The molecule has 1 aromatic rings. The number of aliphatic carboxylic acids is 1. The van der Waals surface area contributed by atoms with Gasteiger partial charge in [0.2, 0.25) is 0 Å². The van der Waals surface area contributed by atoms with Crippen LogP contribution < -0.4 is 10.6 Å². The number of hydrogen-bond acceptors (Lipinski definition) is 3. The summed E-state index contributed by atoms with van der Waals surface area (Å²) in [5, 5.41) is 14.2. The van der Waals surface area contributed by atoms with E-state index < -0.39 is 11.5 Å². The summed E-state index contributed by atoms with van der Waals surface area (Å²) in [6, 6.07) is 3.48. The summed E-state index contributed by atoms with van der Waals surface area (Å²) in [7, 11) is 0. The molecule has 3 N–H and O–H groups in total. The lowest BCUT2D eigenvalue weighted by atomic mass is 9.99. The Labute approximate surface area is 127 Å². The minimum Gasteiger partial charge on any atom is -0.481 e. The molecule has 0 aliphatic carbocycles. The summed E-state index contributed by atoms with van der Waals surface area (Å²) in [6.07, 6.45) is 1.14. The molecule has 0 fully saturated rings. The third kappa shape index (κ3) is 6.77. The Morgan fingerprint density at radius 3 is 2.65 bits per heavy atom. The minimum absolute atomic E-state index is 0.0287. The van der Waals surface area contributed by atoms with E-state index in [1.807, 2.05) is 12.1 Å². The van der Waals surface area contributed by atoms with Crippen LogP contribution in [0.2, 0.25) is 4.34 Å². The first-order valence-corrected chi connectivity index (χ1v) is 7.50. The third-order valence-corrected chi connectivity index (χ3v) is 3.99. The van der Waals surface area contributed by atoms with Crippen molar-refractivity contribution >= 4 is 34.9 Å². The van der Waals surface area contributed by atoms with Crippen molar-refractivity contribution in [3.8, 4) is 0 Å². The first-order chi connectivity index (χ1) is 9.28. The Bertz CT molecular complexity index is 474. The maximum absolute atomic E-state index is 11.7. The molecule has 5 nitrogen and oxygen atoms in total. The van der Waals surface area contributed by atoms with Crippen molar-refractivity contribution < 1.29 is 14.7 Å².